The Bertz CT molecular complexity index is 2510. The van der Waals surface area contributed by atoms with Gasteiger partial charge in [0.2, 0.25) is 0 Å². The third-order valence-electron chi connectivity index (χ3n) is 11.6. The van der Waals surface area contributed by atoms with Crippen molar-refractivity contribution in [2.45, 2.75) is 31.4 Å². The molecule has 2 aliphatic rings. The molecular weight excluding hydrogens is 811 g/mol. The van der Waals surface area contributed by atoms with Gasteiger partial charge in [-0.25, -0.2) is 0 Å². The van der Waals surface area contributed by atoms with Crippen molar-refractivity contribution in [1.29, 1.82) is 0 Å². The molecule has 1 radical (unpaired) electrons. The van der Waals surface area contributed by atoms with Gasteiger partial charge in [-0.15, -0.1) is 34.9 Å². The fraction of sp³-hybridized carbons (Fsp3) is 0.104. The van der Waals surface area contributed by atoms with E-state index < -0.39 is 8.07 Å². The second kappa shape index (κ2) is 12.1. The Morgan fingerprint density at radius 1 is 0.529 bits per heavy atom. The molecular formula is C48H36IrNSi-. The predicted molar refractivity (Wildman–Crippen MR) is 212 cm³/mol. The van der Waals surface area contributed by atoms with Crippen molar-refractivity contribution in [3.8, 4) is 33.5 Å². The first-order valence-corrected chi connectivity index (χ1v) is 20.7. The van der Waals surface area contributed by atoms with Crippen LogP contribution in [0, 0.1) is 6.07 Å². The number of benzene rings is 7. The zero-order valence-corrected chi connectivity index (χ0v) is 32.1. The maximum absolute atomic E-state index is 4.68. The van der Waals surface area contributed by atoms with Crippen LogP contribution in [0.1, 0.15) is 22.3 Å². The van der Waals surface area contributed by atoms with Gasteiger partial charge in [0.15, 0.2) is 0 Å². The van der Waals surface area contributed by atoms with Gasteiger partial charge in [-0.05, 0) is 91.7 Å². The van der Waals surface area contributed by atoms with Crippen molar-refractivity contribution in [1.82, 2.24) is 4.98 Å². The molecule has 1 aromatic heterocycles. The molecule has 3 heteroatoms. The number of hydrogen-bond donors (Lipinski definition) is 0. The van der Waals surface area contributed by atoms with Gasteiger partial charge in [0.25, 0.3) is 0 Å². The van der Waals surface area contributed by atoms with Gasteiger partial charge in [0.1, 0.15) is 8.07 Å². The minimum Gasteiger partial charge on any atom is -0.305 e. The number of nitrogens with zero attached hydrogens (tertiary/aromatic N) is 1. The Labute approximate surface area is 314 Å². The largest absolute Gasteiger partial charge is 0.305 e. The summed E-state index contributed by atoms with van der Waals surface area (Å²) in [5.74, 6) is 0. The summed E-state index contributed by atoms with van der Waals surface area (Å²) in [6.45, 7) is 5.11. The van der Waals surface area contributed by atoms with Gasteiger partial charge in [0, 0.05) is 31.7 Å². The molecule has 0 atom stereocenters. The molecule has 0 bridgehead atoms. The number of fused-ring (bicyclic) bond motifs is 7. The maximum Gasteiger partial charge on any atom is 0.113 e. The summed E-state index contributed by atoms with van der Waals surface area (Å²) in [7, 11) is -2.05. The van der Waals surface area contributed by atoms with Crippen molar-refractivity contribution < 1.29 is 20.1 Å². The minimum absolute atomic E-state index is 0. The zero-order valence-electron chi connectivity index (χ0n) is 28.7. The van der Waals surface area contributed by atoms with Gasteiger partial charge < -0.3 is 4.98 Å². The Morgan fingerprint density at radius 2 is 1.04 bits per heavy atom. The van der Waals surface area contributed by atoms with E-state index in [4.69, 9.17) is 0 Å². The number of hydrogen-bond acceptors (Lipinski definition) is 1. The molecule has 0 amide bonds. The predicted octanol–water partition coefficient (Wildman–Crippen LogP) is 10.4. The quantitative estimate of drug-likeness (QED) is 0.128. The van der Waals surface area contributed by atoms with E-state index in [2.05, 4.69) is 170 Å². The Kier molecular flexibility index (Phi) is 7.60. The summed E-state index contributed by atoms with van der Waals surface area (Å²) in [4.78, 5) is 4.68. The molecule has 247 valence electrons. The molecule has 0 N–H and O–H groups in total. The van der Waals surface area contributed by atoms with E-state index in [9.17, 15) is 0 Å². The van der Waals surface area contributed by atoms with E-state index in [1.54, 1.807) is 10.4 Å². The monoisotopic (exact) mass is 847 g/mol. The van der Waals surface area contributed by atoms with Crippen LogP contribution in [-0.2, 0) is 38.4 Å². The molecule has 0 fully saturated rings. The first-order valence-electron chi connectivity index (χ1n) is 17.7. The molecule has 1 aliphatic heterocycles. The molecule has 8 aromatic rings. The maximum atomic E-state index is 4.68. The van der Waals surface area contributed by atoms with Gasteiger partial charge in [0.05, 0.1) is 0 Å². The van der Waals surface area contributed by atoms with Crippen LogP contribution < -0.4 is 10.4 Å². The Balaban J connectivity index is 0.00000348. The van der Waals surface area contributed by atoms with Crippen LogP contribution in [0.3, 0.4) is 0 Å². The summed E-state index contributed by atoms with van der Waals surface area (Å²) < 4.78 is 0. The van der Waals surface area contributed by atoms with Crippen molar-refractivity contribution in [2.75, 3.05) is 0 Å². The van der Waals surface area contributed by atoms with Crippen molar-refractivity contribution in [3.63, 3.8) is 0 Å². The second-order valence-corrected chi connectivity index (χ2v) is 19.1. The van der Waals surface area contributed by atoms with Crippen LogP contribution in [0.5, 0.6) is 0 Å². The average molecular weight is 847 g/mol. The molecule has 10 rings (SSSR count). The molecule has 1 aliphatic carbocycles. The third-order valence-corrected chi connectivity index (χ3v) is 15.2. The summed E-state index contributed by atoms with van der Waals surface area (Å²) in [6.07, 6.45) is 3.80. The van der Waals surface area contributed by atoms with Crippen LogP contribution in [0.25, 0.3) is 55.1 Å². The van der Waals surface area contributed by atoms with Crippen LogP contribution in [0.15, 0.2) is 158 Å². The first kappa shape index (κ1) is 32.0. The fourth-order valence-corrected chi connectivity index (χ4v) is 12.3. The standard InChI is InChI=1S/C48H36NSi.Ir/c1-50(2)46-22-20-38(36-16-14-32-9-3-5-11-34(32)25-36)28-43(46)48(30-41-19-18-40(27-42(41)31-48)45-13-7-8-24-49-45)44-29-39(21-23-47(44)50)37-17-15-33-10-4-6-12-35(33)26-37;/h3-17,19-29H,30-31H2,1-2H3;/q-1;. The number of aromatic nitrogens is 1. The fourth-order valence-electron chi connectivity index (χ4n) is 9.02. The van der Waals surface area contributed by atoms with Gasteiger partial charge >= 0.3 is 0 Å². The van der Waals surface area contributed by atoms with E-state index in [0.717, 1.165) is 24.1 Å². The van der Waals surface area contributed by atoms with Crippen LogP contribution in [-0.4, -0.2) is 13.1 Å². The van der Waals surface area contributed by atoms with Crippen LogP contribution in [0.4, 0.5) is 0 Å². The SMILES string of the molecule is C[Si]1(C)c2ccc(-c3ccc4ccccc4c3)cc2C2(Cc3c[c-]c(-c4ccccn4)cc3C2)c2cc(-c3ccc4ccccc4c3)ccc21.[Ir]. The van der Waals surface area contributed by atoms with E-state index in [0.29, 0.717) is 0 Å². The molecule has 1 nitrogen and oxygen atoms in total. The van der Waals surface area contributed by atoms with Crippen molar-refractivity contribution in [2.24, 2.45) is 0 Å². The van der Waals surface area contributed by atoms with E-state index in [1.807, 2.05) is 12.3 Å². The molecule has 0 saturated heterocycles. The van der Waals surface area contributed by atoms with Crippen LogP contribution >= 0.6 is 0 Å². The first-order chi connectivity index (χ1) is 24.5. The molecule has 1 spiro atoms. The Hall–Kier alpha value is -4.92. The van der Waals surface area contributed by atoms with Crippen molar-refractivity contribution >= 4 is 40.0 Å². The Morgan fingerprint density at radius 3 is 1.61 bits per heavy atom. The summed E-state index contributed by atoms with van der Waals surface area (Å²) in [5, 5.41) is 8.25. The molecule has 7 aromatic carbocycles. The topological polar surface area (TPSA) is 12.9 Å². The number of rotatable bonds is 3. The summed E-state index contributed by atoms with van der Waals surface area (Å²) >= 11 is 0. The second-order valence-electron chi connectivity index (χ2n) is 14.8. The van der Waals surface area contributed by atoms with Gasteiger partial charge in [-0.1, -0.05) is 145 Å². The van der Waals surface area contributed by atoms with E-state index in [1.165, 1.54) is 66.1 Å². The van der Waals surface area contributed by atoms with Gasteiger partial charge in [-0.2, -0.15) is 0 Å². The number of pyridine rings is 1. The van der Waals surface area contributed by atoms with Gasteiger partial charge in [-0.3, -0.25) is 0 Å². The molecule has 0 unspecified atom stereocenters. The normalized spacial score (nSPS) is 14.9. The van der Waals surface area contributed by atoms with E-state index in [-0.39, 0.29) is 25.5 Å². The average Bonchev–Trinajstić information content (AvgIpc) is 3.57. The molecule has 51 heavy (non-hydrogen) atoms. The summed E-state index contributed by atoms with van der Waals surface area (Å²) in [5.41, 5.74) is 12.9. The zero-order chi connectivity index (χ0) is 33.5. The third kappa shape index (κ3) is 5.10. The minimum atomic E-state index is -2.05. The molecule has 2 heterocycles. The molecule has 0 saturated carbocycles. The summed E-state index contributed by atoms with van der Waals surface area (Å²) in [6, 6.07) is 60.5. The van der Waals surface area contributed by atoms with E-state index >= 15 is 0 Å². The smallest absolute Gasteiger partial charge is 0.113 e. The van der Waals surface area contributed by atoms with Crippen molar-refractivity contribution in [3.05, 3.63) is 186 Å². The van der Waals surface area contributed by atoms with Crippen LogP contribution in [0.2, 0.25) is 13.1 Å².